The Bertz CT molecular complexity index is 74.7. The lowest BCUT2D eigenvalue weighted by atomic mass is 9.86. The Morgan fingerprint density at radius 1 is 1.00 bits per heavy atom. The molecule has 0 heterocycles. The molecule has 2 atom stereocenters. The van der Waals surface area contributed by atoms with Gasteiger partial charge in [0.25, 0.3) is 0 Å². The second-order valence-corrected chi connectivity index (χ2v) is 3.64. The van der Waals surface area contributed by atoms with E-state index in [-0.39, 0.29) is 12.0 Å². The maximum atomic E-state index is 9.50. The smallest absolute Gasteiger partial charge is 0.0593 e. The molecule has 0 amide bonds. The second-order valence-electron chi connectivity index (χ2n) is 3.64. The summed E-state index contributed by atoms with van der Waals surface area (Å²) in [5, 5.41) is 9.50. The van der Waals surface area contributed by atoms with E-state index in [1.165, 1.54) is 0 Å². The van der Waals surface area contributed by atoms with Crippen LogP contribution >= 0.6 is 0 Å². The predicted octanol–water partition coefficient (Wildman–Crippen LogP) is 2.11. The minimum Gasteiger partial charge on any atom is -0.393 e. The zero-order valence-corrected chi connectivity index (χ0v) is 7.46. The molecule has 0 saturated heterocycles. The lowest BCUT2D eigenvalue weighted by Gasteiger charge is -2.24. The van der Waals surface area contributed by atoms with E-state index in [9.17, 15) is 5.11 Å². The summed E-state index contributed by atoms with van der Waals surface area (Å²) in [6.07, 6.45) is -0.250. The number of hydrogen-bond donors (Lipinski definition) is 1. The molecular weight excluding hydrogens is 124 g/mol. The van der Waals surface area contributed by atoms with Gasteiger partial charge in [0.05, 0.1) is 6.10 Å². The number of hydrogen-bond acceptors (Lipinski definition) is 1. The quantitative estimate of drug-likeness (QED) is 0.641. The molecule has 0 saturated carbocycles. The SMILES string of the molecule is [CH2]C(C(C)C)C(O)C(C)C. The van der Waals surface area contributed by atoms with E-state index < -0.39 is 0 Å². The van der Waals surface area contributed by atoms with Crippen molar-refractivity contribution in [3.63, 3.8) is 0 Å². The van der Waals surface area contributed by atoms with Gasteiger partial charge in [0.2, 0.25) is 0 Å². The molecule has 1 nitrogen and oxygen atoms in total. The molecule has 10 heavy (non-hydrogen) atoms. The van der Waals surface area contributed by atoms with Crippen LogP contribution in [0.5, 0.6) is 0 Å². The molecule has 0 aliphatic heterocycles. The lowest BCUT2D eigenvalue weighted by molar-refractivity contribution is 0.0639. The summed E-state index contributed by atoms with van der Waals surface area (Å²) in [7, 11) is 0. The molecular formula is C9H19O. The van der Waals surface area contributed by atoms with Crippen molar-refractivity contribution in [2.75, 3.05) is 0 Å². The van der Waals surface area contributed by atoms with Crippen LogP contribution in [-0.2, 0) is 0 Å². The Labute approximate surface area is 64.5 Å². The van der Waals surface area contributed by atoms with E-state index in [1.807, 2.05) is 13.8 Å². The van der Waals surface area contributed by atoms with Crippen molar-refractivity contribution in [1.29, 1.82) is 0 Å². The molecule has 0 aromatic carbocycles. The Morgan fingerprint density at radius 2 is 1.40 bits per heavy atom. The molecule has 1 radical (unpaired) electrons. The molecule has 61 valence electrons. The van der Waals surface area contributed by atoms with Crippen LogP contribution in [0.1, 0.15) is 27.7 Å². The van der Waals surface area contributed by atoms with Crippen molar-refractivity contribution >= 4 is 0 Å². The molecule has 0 aromatic rings. The summed E-state index contributed by atoms with van der Waals surface area (Å²) in [5.74, 6) is 0.960. The predicted molar refractivity (Wildman–Crippen MR) is 44.5 cm³/mol. The van der Waals surface area contributed by atoms with E-state index in [4.69, 9.17) is 0 Å². The van der Waals surface area contributed by atoms with E-state index in [0.29, 0.717) is 11.8 Å². The normalized spacial score (nSPS) is 18.0. The maximum Gasteiger partial charge on any atom is 0.0593 e. The van der Waals surface area contributed by atoms with Crippen LogP contribution in [0.4, 0.5) is 0 Å². The summed E-state index contributed by atoms with van der Waals surface area (Å²) >= 11 is 0. The van der Waals surface area contributed by atoms with Crippen molar-refractivity contribution < 1.29 is 5.11 Å². The van der Waals surface area contributed by atoms with Crippen LogP contribution in [0.15, 0.2) is 0 Å². The van der Waals surface area contributed by atoms with E-state index >= 15 is 0 Å². The van der Waals surface area contributed by atoms with E-state index in [0.717, 1.165) is 0 Å². The highest BCUT2D eigenvalue weighted by molar-refractivity contribution is 4.75. The van der Waals surface area contributed by atoms with Gasteiger partial charge in [-0.2, -0.15) is 0 Å². The number of rotatable bonds is 3. The van der Waals surface area contributed by atoms with Gasteiger partial charge < -0.3 is 5.11 Å². The van der Waals surface area contributed by atoms with Gasteiger partial charge in [-0.3, -0.25) is 0 Å². The maximum absolute atomic E-state index is 9.50. The van der Waals surface area contributed by atoms with Crippen LogP contribution < -0.4 is 0 Å². The molecule has 0 aromatic heterocycles. The van der Waals surface area contributed by atoms with Crippen LogP contribution in [0.3, 0.4) is 0 Å². The monoisotopic (exact) mass is 143 g/mol. The Morgan fingerprint density at radius 3 is 1.50 bits per heavy atom. The molecule has 0 spiro atoms. The summed E-state index contributed by atoms with van der Waals surface area (Å²) < 4.78 is 0. The van der Waals surface area contributed by atoms with Crippen molar-refractivity contribution in [3.05, 3.63) is 6.92 Å². The van der Waals surface area contributed by atoms with Gasteiger partial charge in [0.1, 0.15) is 0 Å². The topological polar surface area (TPSA) is 20.2 Å². The highest BCUT2D eigenvalue weighted by Crippen LogP contribution is 2.19. The van der Waals surface area contributed by atoms with Crippen LogP contribution in [-0.4, -0.2) is 11.2 Å². The van der Waals surface area contributed by atoms with Crippen LogP contribution in [0, 0.1) is 24.7 Å². The fourth-order valence-electron chi connectivity index (χ4n) is 0.889. The Hall–Kier alpha value is -0.0400. The van der Waals surface area contributed by atoms with Gasteiger partial charge in [0.15, 0.2) is 0 Å². The first-order valence-electron chi connectivity index (χ1n) is 3.98. The highest BCUT2D eigenvalue weighted by atomic mass is 16.3. The molecule has 1 N–H and O–H groups in total. The van der Waals surface area contributed by atoms with Crippen molar-refractivity contribution in [2.45, 2.75) is 33.8 Å². The summed E-state index contributed by atoms with van der Waals surface area (Å²) in [6.45, 7) is 12.1. The van der Waals surface area contributed by atoms with E-state index in [1.54, 1.807) is 0 Å². The average Bonchev–Trinajstić information content (AvgIpc) is 1.84. The molecule has 2 unspecified atom stereocenters. The Kier molecular flexibility index (Phi) is 3.95. The van der Waals surface area contributed by atoms with Gasteiger partial charge >= 0.3 is 0 Å². The molecule has 0 aliphatic rings. The first-order chi connectivity index (χ1) is 4.46. The number of aliphatic hydroxyl groups excluding tert-OH is 1. The van der Waals surface area contributed by atoms with E-state index in [2.05, 4.69) is 20.8 Å². The molecule has 1 heteroatoms. The summed E-state index contributed by atoms with van der Waals surface area (Å²) in [5.41, 5.74) is 0. The zero-order valence-electron chi connectivity index (χ0n) is 7.46. The van der Waals surface area contributed by atoms with Gasteiger partial charge in [-0.25, -0.2) is 0 Å². The van der Waals surface area contributed by atoms with Gasteiger partial charge in [-0.05, 0) is 24.7 Å². The van der Waals surface area contributed by atoms with Crippen LogP contribution in [0.25, 0.3) is 0 Å². The third kappa shape index (κ3) is 2.70. The first kappa shape index (κ1) is 9.96. The standard InChI is InChI=1S/C9H19O/c1-6(2)8(5)9(10)7(3)4/h6-10H,5H2,1-4H3. The first-order valence-corrected chi connectivity index (χ1v) is 3.98. The summed E-state index contributed by atoms with van der Waals surface area (Å²) in [4.78, 5) is 0. The van der Waals surface area contributed by atoms with Crippen molar-refractivity contribution in [3.8, 4) is 0 Å². The minimum absolute atomic E-state index is 0.167. The fourth-order valence-corrected chi connectivity index (χ4v) is 0.889. The van der Waals surface area contributed by atoms with Gasteiger partial charge in [-0.15, -0.1) is 0 Å². The molecule has 0 aliphatic carbocycles. The molecule has 0 fully saturated rings. The van der Waals surface area contributed by atoms with Crippen LogP contribution in [0.2, 0.25) is 0 Å². The molecule has 0 rings (SSSR count). The van der Waals surface area contributed by atoms with Crippen molar-refractivity contribution in [2.24, 2.45) is 17.8 Å². The minimum atomic E-state index is -0.250. The molecule has 0 bridgehead atoms. The van der Waals surface area contributed by atoms with Crippen molar-refractivity contribution in [1.82, 2.24) is 0 Å². The summed E-state index contributed by atoms with van der Waals surface area (Å²) in [6, 6.07) is 0. The van der Waals surface area contributed by atoms with Gasteiger partial charge in [-0.1, -0.05) is 27.7 Å². The highest BCUT2D eigenvalue weighted by Gasteiger charge is 2.20. The van der Waals surface area contributed by atoms with Gasteiger partial charge in [0, 0.05) is 0 Å². The average molecular weight is 143 g/mol. The number of aliphatic hydroxyl groups is 1. The lowest BCUT2D eigenvalue weighted by Crippen LogP contribution is -2.27. The largest absolute Gasteiger partial charge is 0.393 e. The third-order valence-corrected chi connectivity index (χ3v) is 1.98. The third-order valence-electron chi connectivity index (χ3n) is 1.98. The zero-order chi connectivity index (χ0) is 8.31. The fraction of sp³-hybridized carbons (Fsp3) is 0.889. The Balaban J connectivity index is 3.81. The second kappa shape index (κ2) is 3.97.